The molecule has 0 saturated heterocycles. The molecule has 2 atom stereocenters. The third-order valence-electron chi connectivity index (χ3n) is 8.31. The molecule has 51 heavy (non-hydrogen) atoms. The van der Waals surface area contributed by atoms with Gasteiger partial charge in [0, 0.05) is 25.4 Å². The topological polar surface area (TPSA) is 138 Å². The Kier molecular flexibility index (Phi) is 13.2. The van der Waals surface area contributed by atoms with Crippen LogP contribution in [0, 0.1) is 11.7 Å². The van der Waals surface area contributed by atoms with Crippen LogP contribution in [0.5, 0.6) is 5.75 Å². The Morgan fingerprint density at radius 2 is 1.61 bits per heavy atom. The monoisotopic (exact) mass is 698 g/mol. The molecule has 11 nitrogen and oxygen atoms in total. The van der Waals surface area contributed by atoms with Crippen molar-refractivity contribution in [2.45, 2.75) is 38.3 Å². The van der Waals surface area contributed by atoms with E-state index in [9.17, 15) is 28.7 Å². The number of rotatable bonds is 16. The first-order chi connectivity index (χ1) is 24.4. The van der Waals surface area contributed by atoms with E-state index in [1.807, 2.05) is 74.5 Å². The van der Waals surface area contributed by atoms with Gasteiger partial charge in [-0.05, 0) is 41.7 Å². The number of carbonyl (C=O) groups is 4. The van der Waals surface area contributed by atoms with Gasteiger partial charge in [-0.1, -0.05) is 87.2 Å². The van der Waals surface area contributed by atoms with Gasteiger partial charge in [-0.15, -0.1) is 0 Å². The van der Waals surface area contributed by atoms with Crippen molar-refractivity contribution in [1.82, 2.24) is 20.1 Å². The zero-order valence-corrected chi connectivity index (χ0v) is 29.1. The molecule has 4 rings (SSSR count). The Balaban J connectivity index is 1.66. The third kappa shape index (κ3) is 9.90. The highest BCUT2D eigenvalue weighted by atomic mass is 19.1. The average Bonchev–Trinajstić information content (AvgIpc) is 3.11. The lowest BCUT2D eigenvalue weighted by atomic mass is 9.85. The first-order valence-electron chi connectivity index (χ1n) is 16.5. The second-order valence-corrected chi connectivity index (χ2v) is 12.6. The maximum absolute atomic E-state index is 14.2. The molecule has 1 aromatic heterocycles. The number of nitrogens with one attached hydrogen (secondary N) is 1. The van der Waals surface area contributed by atoms with Crippen LogP contribution in [0.15, 0.2) is 97.7 Å². The molecule has 2 N–H and O–H groups in total. The SMILES string of the molecule is C=CCOC(=O)N(C)C(CC(C)C)C(=O)N(C)CC(=O)NC(COc1cnc2ccc(F)cc2c1C(=O)O)C(c1ccccc1)c1ccccc1. The molecule has 0 saturated carbocycles. The number of aromatic carboxylic acids is 1. The molecule has 0 bridgehead atoms. The molecule has 0 spiro atoms. The third-order valence-corrected chi connectivity index (χ3v) is 8.31. The largest absolute Gasteiger partial charge is 0.489 e. The van der Waals surface area contributed by atoms with Crippen molar-refractivity contribution in [3.63, 3.8) is 0 Å². The average molecular weight is 699 g/mol. The van der Waals surface area contributed by atoms with Gasteiger partial charge in [-0.3, -0.25) is 19.5 Å². The van der Waals surface area contributed by atoms with Crippen LogP contribution in [0.3, 0.4) is 0 Å². The fourth-order valence-electron chi connectivity index (χ4n) is 5.89. The lowest BCUT2D eigenvalue weighted by molar-refractivity contribution is -0.139. The van der Waals surface area contributed by atoms with Crippen molar-refractivity contribution in [3.05, 3.63) is 120 Å². The van der Waals surface area contributed by atoms with Gasteiger partial charge in [0.05, 0.1) is 24.3 Å². The van der Waals surface area contributed by atoms with Crippen molar-refractivity contribution >= 4 is 34.8 Å². The summed E-state index contributed by atoms with van der Waals surface area (Å²) >= 11 is 0. The standard InChI is InChI=1S/C39H43FN4O7/c1-6-19-50-39(49)44(5)32(20-25(2)3)37(46)43(4)23-34(45)42-31(35(26-13-9-7-10-14-26)27-15-11-8-12-16-27)24-51-33-22-41-30-18-17-28(40)21-29(30)36(33)38(47)48/h6-18,21-22,25,31-32,35H,1,19-20,23-24H2,2-5H3,(H,42,45)(H,47,48). The number of ether oxygens (including phenoxy) is 2. The molecule has 4 aromatic rings. The minimum absolute atomic E-state index is 0.0163. The van der Waals surface area contributed by atoms with E-state index in [1.165, 1.54) is 48.3 Å². The van der Waals surface area contributed by atoms with Crippen molar-refractivity contribution in [1.29, 1.82) is 0 Å². The molecule has 0 aliphatic rings. The predicted molar refractivity (Wildman–Crippen MR) is 191 cm³/mol. The smallest absolute Gasteiger partial charge is 0.410 e. The number of hydrogen-bond acceptors (Lipinski definition) is 7. The highest BCUT2D eigenvalue weighted by Crippen LogP contribution is 2.31. The summed E-state index contributed by atoms with van der Waals surface area (Å²) in [7, 11) is 2.96. The van der Waals surface area contributed by atoms with E-state index in [0.717, 1.165) is 17.2 Å². The lowest BCUT2D eigenvalue weighted by Crippen LogP contribution is -2.52. The van der Waals surface area contributed by atoms with Gasteiger partial charge in [-0.25, -0.2) is 14.0 Å². The van der Waals surface area contributed by atoms with Crippen molar-refractivity contribution in [3.8, 4) is 5.75 Å². The van der Waals surface area contributed by atoms with Crippen LogP contribution in [-0.4, -0.2) is 89.7 Å². The molecule has 2 unspecified atom stereocenters. The molecule has 0 fully saturated rings. The summed E-state index contributed by atoms with van der Waals surface area (Å²) in [6.07, 6.45) is 2.34. The van der Waals surface area contributed by atoms with E-state index < -0.39 is 47.7 Å². The summed E-state index contributed by atoms with van der Waals surface area (Å²) in [6, 6.07) is 20.8. The molecule has 268 valence electrons. The number of amides is 3. The van der Waals surface area contributed by atoms with Crippen LogP contribution in [0.2, 0.25) is 0 Å². The van der Waals surface area contributed by atoms with Gasteiger partial charge >= 0.3 is 12.1 Å². The van der Waals surface area contributed by atoms with Gasteiger partial charge in [0.2, 0.25) is 11.8 Å². The first-order valence-corrected chi connectivity index (χ1v) is 16.5. The van der Waals surface area contributed by atoms with Crippen LogP contribution in [0.25, 0.3) is 10.9 Å². The summed E-state index contributed by atoms with van der Waals surface area (Å²) < 4.78 is 25.5. The maximum Gasteiger partial charge on any atom is 0.410 e. The zero-order chi connectivity index (χ0) is 37.1. The van der Waals surface area contributed by atoms with Crippen LogP contribution >= 0.6 is 0 Å². The van der Waals surface area contributed by atoms with E-state index in [2.05, 4.69) is 16.9 Å². The Morgan fingerprint density at radius 1 is 0.980 bits per heavy atom. The summed E-state index contributed by atoms with van der Waals surface area (Å²) in [6.45, 7) is 6.81. The number of nitrogens with zero attached hydrogens (tertiary/aromatic N) is 3. The molecule has 3 amide bonds. The van der Waals surface area contributed by atoms with E-state index in [1.54, 1.807) is 0 Å². The van der Waals surface area contributed by atoms with Gasteiger partial charge in [0.15, 0.2) is 5.75 Å². The number of benzene rings is 3. The Hall–Kier alpha value is -5.78. The summed E-state index contributed by atoms with van der Waals surface area (Å²) in [5, 5.41) is 13.2. The fourth-order valence-corrected chi connectivity index (χ4v) is 5.89. The minimum atomic E-state index is -1.33. The molecular weight excluding hydrogens is 655 g/mol. The zero-order valence-electron chi connectivity index (χ0n) is 29.1. The van der Waals surface area contributed by atoms with E-state index >= 15 is 0 Å². The molecular formula is C39H43FN4O7. The summed E-state index contributed by atoms with van der Waals surface area (Å²) in [4.78, 5) is 59.3. The quantitative estimate of drug-likeness (QED) is 0.138. The van der Waals surface area contributed by atoms with Gasteiger partial charge in [0.25, 0.3) is 0 Å². The first kappa shape index (κ1) is 38.0. The maximum atomic E-state index is 14.2. The van der Waals surface area contributed by atoms with Gasteiger partial charge in [-0.2, -0.15) is 0 Å². The number of carboxylic acid groups (broad SMARTS) is 1. The number of hydrogen-bond donors (Lipinski definition) is 2. The number of aromatic nitrogens is 1. The predicted octanol–water partition coefficient (Wildman–Crippen LogP) is 5.90. The van der Waals surface area contributed by atoms with E-state index in [0.29, 0.717) is 6.42 Å². The van der Waals surface area contributed by atoms with Crippen LogP contribution < -0.4 is 10.1 Å². The van der Waals surface area contributed by atoms with Gasteiger partial charge in [0.1, 0.15) is 30.6 Å². The Morgan fingerprint density at radius 3 is 2.18 bits per heavy atom. The van der Waals surface area contributed by atoms with Crippen molar-refractivity contribution < 1.29 is 38.1 Å². The van der Waals surface area contributed by atoms with E-state index in [4.69, 9.17) is 9.47 Å². The second-order valence-electron chi connectivity index (χ2n) is 12.6. The Bertz CT molecular complexity index is 1800. The van der Waals surface area contributed by atoms with Crippen molar-refractivity contribution in [2.75, 3.05) is 33.9 Å². The number of fused-ring (bicyclic) bond motifs is 1. The molecule has 0 radical (unpaired) electrons. The van der Waals surface area contributed by atoms with Crippen LogP contribution in [0.1, 0.15) is 47.7 Å². The molecule has 12 heteroatoms. The molecule has 1 heterocycles. The highest BCUT2D eigenvalue weighted by Gasteiger charge is 2.33. The molecule has 0 aliphatic heterocycles. The number of carboxylic acids is 1. The molecule has 0 aliphatic carbocycles. The van der Waals surface area contributed by atoms with Crippen LogP contribution in [0.4, 0.5) is 9.18 Å². The van der Waals surface area contributed by atoms with Crippen LogP contribution in [-0.2, 0) is 14.3 Å². The normalized spacial score (nSPS) is 12.2. The minimum Gasteiger partial charge on any atom is -0.489 e. The lowest BCUT2D eigenvalue weighted by Gasteiger charge is -2.32. The number of halogens is 1. The summed E-state index contributed by atoms with van der Waals surface area (Å²) in [5.41, 5.74) is 1.70. The second kappa shape index (κ2) is 17.7. The number of pyridine rings is 1. The number of likely N-dealkylation sites (N-methyl/N-ethyl adjacent to an activating group) is 2. The van der Waals surface area contributed by atoms with Gasteiger partial charge < -0.3 is 24.8 Å². The number of carbonyl (C=O) groups excluding carboxylic acids is 3. The molecule has 3 aromatic carbocycles. The van der Waals surface area contributed by atoms with Crippen molar-refractivity contribution in [2.24, 2.45) is 5.92 Å². The highest BCUT2D eigenvalue weighted by molar-refractivity contribution is 6.05. The fraction of sp³-hybridized carbons (Fsp3) is 0.308. The Labute approximate surface area is 296 Å². The van der Waals surface area contributed by atoms with E-state index in [-0.39, 0.29) is 47.9 Å². The summed E-state index contributed by atoms with van der Waals surface area (Å²) in [5.74, 6) is -3.46.